The standard InChI is InChI=1S/C14H17BrN2/c1-3-5-10-8-11-9-12(15)6-7-13(11)17-14(10)16-4-2/h6-9H,3-5H2,1-2H3,(H,16,17). The molecule has 90 valence electrons. The van der Waals surface area contributed by atoms with E-state index in [1.165, 1.54) is 10.9 Å². The van der Waals surface area contributed by atoms with Crippen LogP contribution in [0.4, 0.5) is 5.82 Å². The molecule has 2 rings (SSSR count). The van der Waals surface area contributed by atoms with E-state index in [0.717, 1.165) is 35.2 Å². The van der Waals surface area contributed by atoms with Crippen LogP contribution in [-0.4, -0.2) is 11.5 Å². The Bertz CT molecular complexity index is 523. The van der Waals surface area contributed by atoms with Gasteiger partial charge in [0.15, 0.2) is 0 Å². The van der Waals surface area contributed by atoms with Gasteiger partial charge in [0.05, 0.1) is 5.52 Å². The Kier molecular flexibility index (Phi) is 4.00. The first-order chi connectivity index (χ1) is 8.24. The molecule has 1 heterocycles. The van der Waals surface area contributed by atoms with Gasteiger partial charge in [-0.15, -0.1) is 0 Å². The summed E-state index contributed by atoms with van der Waals surface area (Å²) in [4.78, 5) is 4.69. The van der Waals surface area contributed by atoms with Crippen LogP contribution in [0.5, 0.6) is 0 Å². The van der Waals surface area contributed by atoms with E-state index >= 15 is 0 Å². The summed E-state index contributed by atoms with van der Waals surface area (Å²) in [5.41, 5.74) is 2.35. The molecule has 17 heavy (non-hydrogen) atoms. The molecule has 0 atom stereocenters. The molecule has 0 saturated carbocycles. The minimum atomic E-state index is 0.908. The van der Waals surface area contributed by atoms with Crippen LogP contribution in [0.15, 0.2) is 28.7 Å². The Hall–Kier alpha value is -1.09. The third-order valence-corrected chi connectivity index (χ3v) is 3.21. The fourth-order valence-electron chi connectivity index (χ4n) is 1.97. The number of aromatic nitrogens is 1. The maximum absolute atomic E-state index is 4.69. The van der Waals surface area contributed by atoms with Gasteiger partial charge in [-0.1, -0.05) is 29.3 Å². The van der Waals surface area contributed by atoms with Crippen LogP contribution in [0.3, 0.4) is 0 Å². The number of nitrogens with one attached hydrogen (secondary N) is 1. The van der Waals surface area contributed by atoms with E-state index in [4.69, 9.17) is 4.98 Å². The Labute approximate surface area is 111 Å². The Morgan fingerprint density at radius 2 is 2.06 bits per heavy atom. The smallest absolute Gasteiger partial charge is 0.129 e. The highest BCUT2D eigenvalue weighted by atomic mass is 79.9. The Morgan fingerprint density at radius 3 is 2.76 bits per heavy atom. The number of anilines is 1. The number of pyridine rings is 1. The van der Waals surface area contributed by atoms with Gasteiger partial charge in [-0.05, 0) is 43.2 Å². The summed E-state index contributed by atoms with van der Waals surface area (Å²) >= 11 is 3.50. The van der Waals surface area contributed by atoms with Gasteiger partial charge in [0.25, 0.3) is 0 Å². The van der Waals surface area contributed by atoms with Gasteiger partial charge in [-0.3, -0.25) is 0 Å². The monoisotopic (exact) mass is 292 g/mol. The molecule has 0 radical (unpaired) electrons. The lowest BCUT2D eigenvalue weighted by molar-refractivity contribution is 0.916. The number of benzene rings is 1. The van der Waals surface area contributed by atoms with Gasteiger partial charge in [0.2, 0.25) is 0 Å². The fourth-order valence-corrected chi connectivity index (χ4v) is 2.35. The van der Waals surface area contributed by atoms with E-state index < -0.39 is 0 Å². The van der Waals surface area contributed by atoms with Crippen LogP contribution < -0.4 is 5.32 Å². The van der Waals surface area contributed by atoms with Crippen molar-refractivity contribution in [2.24, 2.45) is 0 Å². The number of hydrogen-bond donors (Lipinski definition) is 1. The highest BCUT2D eigenvalue weighted by Crippen LogP contribution is 2.24. The van der Waals surface area contributed by atoms with Crippen molar-refractivity contribution in [1.82, 2.24) is 4.98 Å². The summed E-state index contributed by atoms with van der Waals surface area (Å²) in [5, 5.41) is 4.54. The lowest BCUT2D eigenvalue weighted by Gasteiger charge is -2.11. The van der Waals surface area contributed by atoms with Crippen LogP contribution >= 0.6 is 15.9 Å². The summed E-state index contributed by atoms with van der Waals surface area (Å²) in [7, 11) is 0. The summed E-state index contributed by atoms with van der Waals surface area (Å²) in [6.45, 7) is 5.20. The fraction of sp³-hybridized carbons (Fsp3) is 0.357. The highest BCUT2D eigenvalue weighted by Gasteiger charge is 2.05. The molecule has 0 amide bonds. The van der Waals surface area contributed by atoms with Crippen molar-refractivity contribution < 1.29 is 0 Å². The van der Waals surface area contributed by atoms with Crippen molar-refractivity contribution in [1.29, 1.82) is 0 Å². The maximum atomic E-state index is 4.69. The minimum Gasteiger partial charge on any atom is -0.370 e. The van der Waals surface area contributed by atoms with E-state index in [1.54, 1.807) is 0 Å². The zero-order chi connectivity index (χ0) is 12.3. The number of hydrogen-bond acceptors (Lipinski definition) is 2. The number of nitrogens with zero attached hydrogens (tertiary/aromatic N) is 1. The third-order valence-electron chi connectivity index (χ3n) is 2.72. The van der Waals surface area contributed by atoms with Gasteiger partial charge in [-0.2, -0.15) is 0 Å². The molecular weight excluding hydrogens is 276 g/mol. The largest absolute Gasteiger partial charge is 0.370 e. The third kappa shape index (κ3) is 2.78. The molecule has 0 aliphatic heterocycles. The second kappa shape index (κ2) is 5.50. The van der Waals surface area contributed by atoms with Crippen molar-refractivity contribution >= 4 is 32.7 Å². The van der Waals surface area contributed by atoms with E-state index in [-0.39, 0.29) is 0 Å². The van der Waals surface area contributed by atoms with Crippen LogP contribution in [0, 0.1) is 0 Å². The van der Waals surface area contributed by atoms with Crippen molar-refractivity contribution in [3.8, 4) is 0 Å². The van der Waals surface area contributed by atoms with Gasteiger partial charge >= 0.3 is 0 Å². The summed E-state index contributed by atoms with van der Waals surface area (Å²) in [6.07, 6.45) is 2.21. The second-order valence-corrected chi connectivity index (χ2v) is 5.03. The summed E-state index contributed by atoms with van der Waals surface area (Å²) < 4.78 is 1.10. The van der Waals surface area contributed by atoms with E-state index in [9.17, 15) is 0 Å². The van der Waals surface area contributed by atoms with Gasteiger partial charge in [0.1, 0.15) is 5.82 Å². The quantitative estimate of drug-likeness (QED) is 0.904. The van der Waals surface area contributed by atoms with E-state index in [0.29, 0.717) is 0 Å². The molecule has 1 N–H and O–H groups in total. The normalized spacial score (nSPS) is 10.8. The molecule has 0 saturated heterocycles. The van der Waals surface area contributed by atoms with Crippen LogP contribution in [0.25, 0.3) is 10.9 Å². The van der Waals surface area contributed by atoms with Gasteiger partial charge in [-0.25, -0.2) is 4.98 Å². The topological polar surface area (TPSA) is 24.9 Å². The maximum Gasteiger partial charge on any atom is 0.129 e. The molecule has 0 aliphatic rings. The average Bonchev–Trinajstić information content (AvgIpc) is 2.31. The average molecular weight is 293 g/mol. The second-order valence-electron chi connectivity index (χ2n) is 4.11. The first kappa shape index (κ1) is 12.4. The zero-order valence-electron chi connectivity index (χ0n) is 10.3. The van der Waals surface area contributed by atoms with Crippen molar-refractivity contribution in [3.63, 3.8) is 0 Å². The predicted molar refractivity (Wildman–Crippen MR) is 77.6 cm³/mol. The van der Waals surface area contributed by atoms with E-state index in [1.807, 2.05) is 6.07 Å². The van der Waals surface area contributed by atoms with Crippen molar-refractivity contribution in [3.05, 3.63) is 34.3 Å². The molecule has 1 aromatic heterocycles. The summed E-state index contributed by atoms with van der Waals surface area (Å²) in [6, 6.07) is 8.45. The number of rotatable bonds is 4. The number of aryl methyl sites for hydroxylation is 1. The zero-order valence-corrected chi connectivity index (χ0v) is 11.8. The van der Waals surface area contributed by atoms with Gasteiger partial charge < -0.3 is 5.32 Å². The molecule has 0 fully saturated rings. The lowest BCUT2D eigenvalue weighted by Crippen LogP contribution is -2.03. The highest BCUT2D eigenvalue weighted by molar-refractivity contribution is 9.10. The molecule has 2 nitrogen and oxygen atoms in total. The number of fused-ring (bicyclic) bond motifs is 1. The van der Waals surface area contributed by atoms with Crippen LogP contribution in [-0.2, 0) is 6.42 Å². The number of halogens is 1. The van der Waals surface area contributed by atoms with Crippen LogP contribution in [0.2, 0.25) is 0 Å². The Balaban J connectivity index is 2.55. The SMILES string of the molecule is CCCc1cc2cc(Br)ccc2nc1NCC. The molecule has 0 spiro atoms. The Morgan fingerprint density at radius 1 is 1.24 bits per heavy atom. The summed E-state index contributed by atoms with van der Waals surface area (Å²) in [5.74, 6) is 1.03. The molecule has 3 heteroatoms. The molecule has 0 aliphatic carbocycles. The molecular formula is C14H17BrN2. The molecule has 0 bridgehead atoms. The first-order valence-electron chi connectivity index (χ1n) is 6.07. The van der Waals surface area contributed by atoms with Crippen molar-refractivity contribution in [2.75, 3.05) is 11.9 Å². The lowest BCUT2D eigenvalue weighted by atomic mass is 10.1. The molecule has 1 aromatic carbocycles. The first-order valence-corrected chi connectivity index (χ1v) is 6.87. The predicted octanol–water partition coefficient (Wildman–Crippen LogP) is 4.38. The molecule has 2 aromatic rings. The van der Waals surface area contributed by atoms with Crippen LogP contribution in [0.1, 0.15) is 25.8 Å². The molecule has 0 unspecified atom stereocenters. The van der Waals surface area contributed by atoms with Crippen molar-refractivity contribution in [2.45, 2.75) is 26.7 Å². The van der Waals surface area contributed by atoms with Gasteiger partial charge in [0, 0.05) is 16.4 Å². The van der Waals surface area contributed by atoms with E-state index in [2.05, 4.69) is 53.3 Å². The minimum absolute atomic E-state index is 0.908.